The highest BCUT2D eigenvalue weighted by atomic mass is 16.6. The van der Waals surface area contributed by atoms with Crippen LogP contribution in [0.4, 0.5) is 4.79 Å². The molecule has 8 heteroatoms. The Kier molecular flexibility index (Phi) is 41.1. The number of unbranched alkanes of at least 4 members (excludes halogenated alkanes) is 18. The van der Waals surface area contributed by atoms with Crippen LogP contribution < -0.4 is 0 Å². The van der Waals surface area contributed by atoms with Gasteiger partial charge in [-0.2, -0.15) is 0 Å². The van der Waals surface area contributed by atoms with Crippen LogP contribution in [0.3, 0.4) is 0 Å². The Balaban J connectivity index is 0.00000141. The number of amides is 1. The van der Waals surface area contributed by atoms with Crippen molar-refractivity contribution < 1.29 is 14.6 Å². The van der Waals surface area contributed by atoms with E-state index in [1.165, 1.54) is 128 Å². The Morgan fingerprint density at radius 2 is 0.841 bits per heavy atom. The summed E-state index contributed by atoms with van der Waals surface area (Å²) >= 11 is 0. The quantitative estimate of drug-likeness (QED) is 0.0492. The summed E-state index contributed by atoms with van der Waals surface area (Å²) in [7, 11) is 8.46. The minimum absolute atomic E-state index is 0.0411. The number of hydrogen-bond donors (Lipinski definition) is 1. The van der Waals surface area contributed by atoms with Gasteiger partial charge in [-0.15, -0.1) is 0 Å². The molecule has 2 aliphatic heterocycles. The van der Waals surface area contributed by atoms with Gasteiger partial charge < -0.3 is 34.3 Å². The molecule has 0 saturated carbocycles. The number of piperidine rings is 2. The minimum Gasteiger partial charge on any atom is -0.446 e. The summed E-state index contributed by atoms with van der Waals surface area (Å²) in [6, 6.07) is 0. The summed E-state index contributed by atoms with van der Waals surface area (Å²) in [6.45, 7) is 14.8. The average molecular weight is 884 g/mol. The first-order valence-electron chi connectivity index (χ1n) is 26.7. The lowest BCUT2D eigenvalue weighted by Gasteiger charge is -2.33. The van der Waals surface area contributed by atoms with E-state index in [1.807, 2.05) is 4.90 Å². The maximum atomic E-state index is 13.4. The van der Waals surface area contributed by atoms with Crippen LogP contribution in [0.1, 0.15) is 194 Å². The summed E-state index contributed by atoms with van der Waals surface area (Å²) in [5.74, 6) is 0. The zero-order valence-electron chi connectivity index (χ0n) is 42.6. The number of likely N-dealkylation sites (tertiary alicyclic amines) is 2. The van der Waals surface area contributed by atoms with Crippen LogP contribution in [0.2, 0.25) is 0 Å². The molecule has 0 radical (unpaired) electrons. The summed E-state index contributed by atoms with van der Waals surface area (Å²) in [4.78, 5) is 24.8. The van der Waals surface area contributed by atoms with Crippen LogP contribution in [0.15, 0.2) is 48.6 Å². The van der Waals surface area contributed by atoms with Crippen LogP contribution in [0.25, 0.3) is 0 Å². The number of aliphatic hydroxyl groups is 1. The summed E-state index contributed by atoms with van der Waals surface area (Å²) in [5, 5.41) is 9.27. The number of likely N-dealkylation sites (N-methyl/N-ethyl adjacent to an activating group) is 2. The standard InChI is InChI=1S/C46H85N3O2.C9H20N2O/c1-5-7-9-11-13-15-17-19-21-23-25-27-29-31-33-35-39-49(46(50)51-45-37-41-48(42-38-45)44-43-47(3)4)40-36-34-32-30-28-26-24-22-20-18-16-14-12-10-8-6-2;1-10(2)7-8-11-5-3-9(12)4-6-11/h13-16,19-22,45H,5-12,17-18,23-44H2,1-4H3;9,12H,3-8H2,1-2H3/b15-13-,16-14-,21-19-,22-20-;. The van der Waals surface area contributed by atoms with E-state index >= 15 is 0 Å². The van der Waals surface area contributed by atoms with Crippen molar-refractivity contribution in [1.29, 1.82) is 0 Å². The number of nitrogens with zero attached hydrogens (tertiary/aromatic N) is 5. The molecule has 0 aliphatic carbocycles. The van der Waals surface area contributed by atoms with Crippen molar-refractivity contribution in [1.82, 2.24) is 24.5 Å². The van der Waals surface area contributed by atoms with E-state index in [0.717, 1.165) is 117 Å². The first-order valence-corrected chi connectivity index (χ1v) is 26.7. The van der Waals surface area contributed by atoms with Gasteiger partial charge in [0.2, 0.25) is 0 Å². The van der Waals surface area contributed by atoms with Gasteiger partial charge in [-0.25, -0.2) is 4.79 Å². The third-order valence-corrected chi connectivity index (χ3v) is 12.6. The van der Waals surface area contributed by atoms with Crippen molar-refractivity contribution in [2.45, 2.75) is 206 Å². The SMILES string of the molecule is CCCCC/C=C\C/C=C\CCCCCCCCN(CCCCCCCC/C=C\C/C=C\CCCCC)C(=O)OC1CCN(CCN(C)C)CC1.CN(C)CCN1CCC(O)CC1. The number of carbonyl (C=O) groups is 1. The number of rotatable bonds is 37. The highest BCUT2D eigenvalue weighted by Gasteiger charge is 2.25. The summed E-state index contributed by atoms with van der Waals surface area (Å²) in [5.41, 5.74) is 0. The van der Waals surface area contributed by atoms with Gasteiger partial charge in [-0.05, 0) is 131 Å². The van der Waals surface area contributed by atoms with Crippen molar-refractivity contribution in [3.63, 3.8) is 0 Å². The van der Waals surface area contributed by atoms with Gasteiger partial charge in [0.25, 0.3) is 0 Å². The Hall–Kier alpha value is -1.97. The van der Waals surface area contributed by atoms with Crippen LogP contribution >= 0.6 is 0 Å². The van der Waals surface area contributed by atoms with Crippen molar-refractivity contribution in [2.75, 3.05) is 93.6 Å². The molecule has 2 fully saturated rings. The fourth-order valence-electron chi connectivity index (χ4n) is 8.17. The van der Waals surface area contributed by atoms with Crippen molar-refractivity contribution in [3.8, 4) is 0 Å². The largest absolute Gasteiger partial charge is 0.446 e. The molecule has 0 spiro atoms. The van der Waals surface area contributed by atoms with E-state index in [0.29, 0.717) is 0 Å². The van der Waals surface area contributed by atoms with E-state index in [2.05, 4.69) is 110 Å². The van der Waals surface area contributed by atoms with Gasteiger partial charge in [0, 0.05) is 65.4 Å². The van der Waals surface area contributed by atoms with E-state index < -0.39 is 0 Å². The Bertz CT molecular complexity index is 1060. The second kappa shape index (κ2) is 43.9. The molecule has 2 heterocycles. The number of ether oxygens (including phenoxy) is 1. The highest BCUT2D eigenvalue weighted by molar-refractivity contribution is 5.67. The molecule has 0 atom stereocenters. The third kappa shape index (κ3) is 39.0. The molecule has 0 aromatic heterocycles. The summed E-state index contributed by atoms with van der Waals surface area (Å²) < 4.78 is 6.11. The molecule has 63 heavy (non-hydrogen) atoms. The topological polar surface area (TPSA) is 62.7 Å². The van der Waals surface area contributed by atoms with E-state index in [4.69, 9.17) is 4.74 Å². The van der Waals surface area contributed by atoms with Gasteiger partial charge in [-0.1, -0.05) is 140 Å². The molecule has 0 unspecified atom stereocenters. The molecular formula is C55H105N5O3. The van der Waals surface area contributed by atoms with E-state index in [1.54, 1.807) is 0 Å². The zero-order chi connectivity index (χ0) is 45.9. The fourth-order valence-corrected chi connectivity index (χ4v) is 8.17. The van der Waals surface area contributed by atoms with E-state index in [-0.39, 0.29) is 18.3 Å². The summed E-state index contributed by atoms with van der Waals surface area (Å²) in [6.07, 6.45) is 52.4. The maximum absolute atomic E-state index is 13.4. The van der Waals surface area contributed by atoms with Gasteiger partial charge >= 0.3 is 6.09 Å². The van der Waals surface area contributed by atoms with Crippen LogP contribution in [0.5, 0.6) is 0 Å². The second-order valence-corrected chi connectivity index (χ2v) is 19.3. The van der Waals surface area contributed by atoms with Gasteiger partial charge in [0.05, 0.1) is 6.10 Å². The average Bonchev–Trinajstić information content (AvgIpc) is 3.27. The number of carbonyl (C=O) groups excluding carboxylic acids is 1. The minimum atomic E-state index is -0.0630. The third-order valence-electron chi connectivity index (χ3n) is 12.6. The Labute approximate surface area is 392 Å². The van der Waals surface area contributed by atoms with E-state index in [9.17, 15) is 9.90 Å². The molecule has 0 bridgehead atoms. The highest BCUT2D eigenvalue weighted by Crippen LogP contribution is 2.17. The molecule has 368 valence electrons. The molecule has 0 aromatic rings. The van der Waals surface area contributed by atoms with Crippen LogP contribution in [0, 0.1) is 0 Å². The second-order valence-electron chi connectivity index (χ2n) is 19.3. The van der Waals surface area contributed by atoms with Gasteiger partial charge in [0.1, 0.15) is 6.10 Å². The lowest BCUT2D eigenvalue weighted by Crippen LogP contribution is -2.43. The lowest BCUT2D eigenvalue weighted by atomic mass is 10.1. The molecular weight excluding hydrogens is 779 g/mol. The Morgan fingerprint density at radius 3 is 1.22 bits per heavy atom. The number of hydrogen-bond acceptors (Lipinski definition) is 7. The van der Waals surface area contributed by atoms with Crippen molar-refractivity contribution in [2.24, 2.45) is 0 Å². The lowest BCUT2D eigenvalue weighted by molar-refractivity contribution is 0.0269. The molecule has 2 aliphatic rings. The zero-order valence-corrected chi connectivity index (χ0v) is 42.6. The van der Waals surface area contributed by atoms with Crippen molar-refractivity contribution >= 4 is 6.09 Å². The smallest absolute Gasteiger partial charge is 0.410 e. The predicted octanol–water partition coefficient (Wildman–Crippen LogP) is 13.1. The predicted molar refractivity (Wildman–Crippen MR) is 275 cm³/mol. The normalized spacial score (nSPS) is 16.1. The molecule has 1 N–H and O–H groups in total. The van der Waals surface area contributed by atoms with Crippen LogP contribution in [-0.2, 0) is 4.74 Å². The van der Waals surface area contributed by atoms with Crippen LogP contribution in [-0.4, -0.2) is 142 Å². The molecule has 8 nitrogen and oxygen atoms in total. The first kappa shape index (κ1) is 59.0. The molecule has 0 aromatic carbocycles. The maximum Gasteiger partial charge on any atom is 0.410 e. The Morgan fingerprint density at radius 1 is 0.492 bits per heavy atom. The number of allylic oxidation sites excluding steroid dienone is 8. The monoisotopic (exact) mass is 884 g/mol. The molecule has 1 amide bonds. The van der Waals surface area contributed by atoms with Gasteiger partial charge in [0.15, 0.2) is 0 Å². The fraction of sp³-hybridized carbons (Fsp3) is 0.836. The molecule has 2 saturated heterocycles. The molecule has 2 rings (SSSR count). The first-order chi connectivity index (χ1) is 30.7. The van der Waals surface area contributed by atoms with Crippen molar-refractivity contribution in [3.05, 3.63) is 48.6 Å². The van der Waals surface area contributed by atoms with Gasteiger partial charge in [-0.3, -0.25) is 0 Å². The number of aliphatic hydroxyl groups excluding tert-OH is 1.